The lowest BCUT2D eigenvalue weighted by Crippen LogP contribution is -2.38. The molecule has 0 saturated heterocycles. The molecular weight excluding hydrogens is 385 g/mol. The molecule has 152 valence electrons. The molecule has 11 heteroatoms. The fourth-order valence-electron chi connectivity index (χ4n) is 3.19. The summed E-state index contributed by atoms with van der Waals surface area (Å²) in [5, 5.41) is 6.75. The Balaban J connectivity index is 1.61. The summed E-state index contributed by atoms with van der Waals surface area (Å²) < 4.78 is 66.8. The van der Waals surface area contributed by atoms with Crippen LogP contribution in [0.4, 0.5) is 22.0 Å². The van der Waals surface area contributed by atoms with E-state index < -0.39 is 29.7 Å². The molecule has 0 unspecified atom stereocenters. The second-order valence-electron chi connectivity index (χ2n) is 6.62. The molecule has 0 spiro atoms. The van der Waals surface area contributed by atoms with Gasteiger partial charge in [-0.3, -0.25) is 4.79 Å². The smallest absolute Gasteiger partial charge is 0.340 e. The van der Waals surface area contributed by atoms with Gasteiger partial charge in [-0.15, -0.1) is 10.2 Å². The Kier molecular flexibility index (Phi) is 5.64. The van der Waals surface area contributed by atoms with Gasteiger partial charge in [0.1, 0.15) is 17.5 Å². The maximum absolute atomic E-state index is 13.7. The number of aromatic nitrogens is 3. The van der Waals surface area contributed by atoms with Crippen molar-refractivity contribution in [2.45, 2.75) is 38.0 Å². The molecule has 0 radical (unpaired) electrons. The average molecular weight is 403 g/mol. The summed E-state index contributed by atoms with van der Waals surface area (Å²) in [6.07, 6.45) is -4.67. The van der Waals surface area contributed by atoms with Crippen molar-refractivity contribution in [3.63, 3.8) is 0 Å². The SMILES string of the molecule is N[C@@H](CC(=O)N1CCc2nnc(C(F)(F)F)n2CC1)Cc1cc(F)ccc1F. The van der Waals surface area contributed by atoms with Crippen LogP contribution in [0, 0.1) is 11.6 Å². The van der Waals surface area contributed by atoms with Crippen molar-refractivity contribution < 1.29 is 26.7 Å². The van der Waals surface area contributed by atoms with E-state index in [4.69, 9.17) is 5.73 Å². The molecule has 0 bridgehead atoms. The number of carbonyl (C=O) groups excluding carboxylic acids is 1. The van der Waals surface area contributed by atoms with Crippen molar-refractivity contribution in [3.8, 4) is 0 Å². The topological polar surface area (TPSA) is 77.0 Å². The summed E-state index contributed by atoms with van der Waals surface area (Å²) in [5.41, 5.74) is 5.97. The normalized spacial score (nSPS) is 15.9. The zero-order valence-corrected chi connectivity index (χ0v) is 14.7. The van der Waals surface area contributed by atoms with Crippen LogP contribution in [0.25, 0.3) is 0 Å². The van der Waals surface area contributed by atoms with E-state index in [9.17, 15) is 26.7 Å². The highest BCUT2D eigenvalue weighted by atomic mass is 19.4. The molecule has 0 aliphatic carbocycles. The van der Waals surface area contributed by atoms with E-state index >= 15 is 0 Å². The van der Waals surface area contributed by atoms with Gasteiger partial charge in [-0.05, 0) is 30.2 Å². The van der Waals surface area contributed by atoms with Crippen molar-refractivity contribution in [2.75, 3.05) is 13.1 Å². The Bertz CT molecular complexity index is 866. The molecule has 0 saturated carbocycles. The van der Waals surface area contributed by atoms with Gasteiger partial charge < -0.3 is 15.2 Å². The van der Waals surface area contributed by atoms with Crippen LogP contribution in [0.3, 0.4) is 0 Å². The monoisotopic (exact) mass is 403 g/mol. The molecule has 0 fully saturated rings. The molecule has 3 rings (SSSR count). The number of nitrogens with two attached hydrogens (primary N) is 1. The molecule has 1 atom stereocenters. The fourth-order valence-corrected chi connectivity index (χ4v) is 3.19. The molecule has 1 aromatic carbocycles. The van der Waals surface area contributed by atoms with E-state index in [1.54, 1.807) is 0 Å². The second-order valence-corrected chi connectivity index (χ2v) is 6.62. The first-order valence-electron chi connectivity index (χ1n) is 8.61. The van der Waals surface area contributed by atoms with Gasteiger partial charge >= 0.3 is 6.18 Å². The number of halogens is 5. The van der Waals surface area contributed by atoms with Crippen LogP contribution in [0.15, 0.2) is 18.2 Å². The van der Waals surface area contributed by atoms with E-state index in [1.807, 2.05) is 0 Å². The Hall–Kier alpha value is -2.56. The van der Waals surface area contributed by atoms with Gasteiger partial charge in [-0.1, -0.05) is 0 Å². The summed E-state index contributed by atoms with van der Waals surface area (Å²) in [4.78, 5) is 13.9. The number of alkyl halides is 3. The summed E-state index contributed by atoms with van der Waals surface area (Å²) in [6.45, 7) is 0.139. The lowest BCUT2D eigenvalue weighted by Gasteiger charge is -2.22. The quantitative estimate of drug-likeness (QED) is 0.792. The van der Waals surface area contributed by atoms with Crippen LogP contribution in [0.5, 0.6) is 0 Å². The first kappa shape index (κ1) is 20.2. The zero-order valence-electron chi connectivity index (χ0n) is 14.7. The van der Waals surface area contributed by atoms with Gasteiger partial charge in [0.25, 0.3) is 0 Å². The van der Waals surface area contributed by atoms with Crippen molar-refractivity contribution in [1.29, 1.82) is 0 Å². The van der Waals surface area contributed by atoms with E-state index in [1.165, 1.54) is 4.90 Å². The number of nitrogens with zero attached hydrogens (tertiary/aromatic N) is 4. The number of amides is 1. The third-order valence-electron chi connectivity index (χ3n) is 4.56. The third kappa shape index (κ3) is 4.46. The first-order valence-corrected chi connectivity index (χ1v) is 8.61. The maximum Gasteiger partial charge on any atom is 0.451 e. The third-order valence-corrected chi connectivity index (χ3v) is 4.56. The number of hydrogen-bond acceptors (Lipinski definition) is 4. The Morgan fingerprint density at radius 3 is 2.64 bits per heavy atom. The molecule has 1 aliphatic rings. The summed E-state index contributed by atoms with van der Waals surface area (Å²) >= 11 is 0. The average Bonchev–Trinajstić information content (AvgIpc) is 2.90. The van der Waals surface area contributed by atoms with Crippen molar-refractivity contribution in [2.24, 2.45) is 5.73 Å². The lowest BCUT2D eigenvalue weighted by atomic mass is 10.0. The largest absolute Gasteiger partial charge is 0.451 e. The minimum Gasteiger partial charge on any atom is -0.340 e. The predicted octanol–water partition coefficient (Wildman–Crippen LogP) is 1.92. The molecule has 6 nitrogen and oxygen atoms in total. The summed E-state index contributed by atoms with van der Waals surface area (Å²) in [6, 6.07) is 2.24. The minimum absolute atomic E-state index is 0.0348. The number of fused-ring (bicyclic) bond motifs is 1. The van der Waals surface area contributed by atoms with E-state index in [-0.39, 0.29) is 56.2 Å². The predicted molar refractivity (Wildman–Crippen MR) is 88.0 cm³/mol. The van der Waals surface area contributed by atoms with Crippen LogP contribution in [-0.2, 0) is 30.4 Å². The second kappa shape index (κ2) is 7.82. The molecule has 2 heterocycles. The van der Waals surface area contributed by atoms with Crippen LogP contribution in [0.2, 0.25) is 0 Å². The van der Waals surface area contributed by atoms with Crippen LogP contribution >= 0.6 is 0 Å². The van der Waals surface area contributed by atoms with Gasteiger partial charge in [-0.2, -0.15) is 13.2 Å². The molecule has 2 aromatic rings. The summed E-state index contributed by atoms with van der Waals surface area (Å²) in [5.74, 6) is -2.51. The van der Waals surface area contributed by atoms with E-state index in [0.29, 0.717) is 0 Å². The molecular formula is C17H18F5N5O. The maximum atomic E-state index is 13.7. The molecule has 1 aliphatic heterocycles. The molecule has 28 heavy (non-hydrogen) atoms. The number of rotatable bonds is 4. The lowest BCUT2D eigenvalue weighted by molar-refractivity contribution is -0.147. The van der Waals surface area contributed by atoms with Gasteiger partial charge in [-0.25, -0.2) is 8.78 Å². The highest BCUT2D eigenvalue weighted by molar-refractivity contribution is 5.76. The van der Waals surface area contributed by atoms with E-state index in [2.05, 4.69) is 10.2 Å². The Morgan fingerprint density at radius 2 is 1.93 bits per heavy atom. The first-order chi connectivity index (χ1) is 13.1. The highest BCUT2D eigenvalue weighted by Crippen LogP contribution is 2.28. The highest BCUT2D eigenvalue weighted by Gasteiger charge is 2.39. The van der Waals surface area contributed by atoms with E-state index in [0.717, 1.165) is 22.8 Å². The van der Waals surface area contributed by atoms with Gasteiger partial charge in [0, 0.05) is 38.5 Å². The van der Waals surface area contributed by atoms with Crippen LogP contribution < -0.4 is 5.73 Å². The standard InChI is InChI=1S/C17H18F5N5O/c18-11-1-2-13(19)10(7-11)8-12(23)9-15(28)26-4-3-14-24-25-16(17(20,21)22)27(14)6-5-26/h1-2,7,12H,3-6,8-9,23H2/t12-/m1/s1. The van der Waals surface area contributed by atoms with Crippen LogP contribution in [0.1, 0.15) is 23.6 Å². The molecule has 2 N–H and O–H groups in total. The Morgan fingerprint density at radius 1 is 1.18 bits per heavy atom. The number of benzene rings is 1. The fraction of sp³-hybridized carbons (Fsp3) is 0.471. The Labute approximate surface area is 157 Å². The minimum atomic E-state index is -4.62. The molecule has 1 amide bonds. The van der Waals surface area contributed by atoms with Gasteiger partial charge in [0.15, 0.2) is 0 Å². The molecule has 1 aromatic heterocycles. The number of carbonyl (C=O) groups is 1. The van der Waals surface area contributed by atoms with Crippen molar-refractivity contribution in [3.05, 3.63) is 47.0 Å². The number of hydrogen-bond donors (Lipinski definition) is 1. The van der Waals surface area contributed by atoms with Crippen LogP contribution in [-0.4, -0.2) is 44.7 Å². The van der Waals surface area contributed by atoms with Gasteiger partial charge in [0.05, 0.1) is 0 Å². The van der Waals surface area contributed by atoms with Crippen molar-refractivity contribution in [1.82, 2.24) is 19.7 Å². The summed E-state index contributed by atoms with van der Waals surface area (Å²) in [7, 11) is 0. The zero-order chi connectivity index (χ0) is 20.5. The van der Waals surface area contributed by atoms with Crippen molar-refractivity contribution >= 4 is 5.91 Å². The van der Waals surface area contributed by atoms with Gasteiger partial charge in [0.2, 0.25) is 11.7 Å².